The van der Waals surface area contributed by atoms with E-state index in [2.05, 4.69) is 0 Å². The summed E-state index contributed by atoms with van der Waals surface area (Å²) in [7, 11) is 1.68. The van der Waals surface area contributed by atoms with Crippen molar-refractivity contribution in [2.75, 3.05) is 25.9 Å². The number of aliphatic hydroxyl groups excluding tert-OH is 1. The van der Waals surface area contributed by atoms with E-state index in [9.17, 15) is 4.79 Å². The van der Waals surface area contributed by atoms with Gasteiger partial charge in [-0.1, -0.05) is 12.1 Å². The van der Waals surface area contributed by atoms with Crippen molar-refractivity contribution in [3.63, 3.8) is 0 Å². The normalized spacial score (nSPS) is 12.2. The Morgan fingerprint density at radius 1 is 1.56 bits per heavy atom. The van der Waals surface area contributed by atoms with Crippen molar-refractivity contribution in [1.82, 2.24) is 4.90 Å². The number of likely N-dealkylation sites (N-methyl/N-ethyl adjacent to an activating group) is 1. The van der Waals surface area contributed by atoms with Crippen LogP contribution in [-0.2, 0) is 4.79 Å². The van der Waals surface area contributed by atoms with Gasteiger partial charge in [-0.3, -0.25) is 4.79 Å². The molecule has 4 nitrogen and oxygen atoms in total. The number of nitrogens with zero attached hydrogens (tertiary/aromatic N) is 1. The molecule has 0 aliphatic heterocycles. The molecule has 1 amide bonds. The van der Waals surface area contributed by atoms with E-state index in [4.69, 9.17) is 10.8 Å². The summed E-state index contributed by atoms with van der Waals surface area (Å²) in [6.45, 7) is 2.17. The fourth-order valence-electron chi connectivity index (χ4n) is 1.56. The topological polar surface area (TPSA) is 66.6 Å². The van der Waals surface area contributed by atoms with Gasteiger partial charge >= 0.3 is 0 Å². The quantitative estimate of drug-likeness (QED) is 0.741. The molecule has 16 heavy (non-hydrogen) atoms. The fourth-order valence-corrected chi connectivity index (χ4v) is 1.56. The first-order valence-electron chi connectivity index (χ1n) is 5.27. The van der Waals surface area contributed by atoms with E-state index in [1.807, 2.05) is 19.1 Å². The summed E-state index contributed by atoms with van der Waals surface area (Å²) < 4.78 is 0. The van der Waals surface area contributed by atoms with Crippen molar-refractivity contribution in [3.8, 4) is 0 Å². The van der Waals surface area contributed by atoms with E-state index in [0.717, 1.165) is 5.56 Å². The first-order chi connectivity index (χ1) is 7.56. The van der Waals surface area contributed by atoms with Gasteiger partial charge in [0, 0.05) is 19.3 Å². The van der Waals surface area contributed by atoms with Crippen LogP contribution in [0.4, 0.5) is 5.69 Å². The van der Waals surface area contributed by atoms with Gasteiger partial charge in [0.05, 0.1) is 12.5 Å². The van der Waals surface area contributed by atoms with Gasteiger partial charge < -0.3 is 15.7 Å². The van der Waals surface area contributed by atoms with Crippen LogP contribution >= 0.6 is 0 Å². The summed E-state index contributed by atoms with van der Waals surface area (Å²) in [6.07, 6.45) is 0. The molecule has 1 atom stereocenters. The van der Waals surface area contributed by atoms with Crippen LogP contribution in [0.5, 0.6) is 0 Å². The summed E-state index contributed by atoms with van der Waals surface area (Å²) in [5, 5.41) is 8.77. The molecule has 1 rings (SSSR count). The lowest BCUT2D eigenvalue weighted by Crippen LogP contribution is -2.32. The van der Waals surface area contributed by atoms with Crippen molar-refractivity contribution in [3.05, 3.63) is 29.8 Å². The van der Waals surface area contributed by atoms with E-state index in [-0.39, 0.29) is 18.4 Å². The van der Waals surface area contributed by atoms with Gasteiger partial charge in [-0.15, -0.1) is 0 Å². The summed E-state index contributed by atoms with van der Waals surface area (Å²) in [6, 6.07) is 7.31. The number of hydrogen-bond donors (Lipinski definition) is 2. The van der Waals surface area contributed by atoms with Crippen molar-refractivity contribution >= 4 is 11.6 Å². The number of nitrogen functional groups attached to an aromatic ring is 1. The maximum absolute atomic E-state index is 11.9. The minimum atomic E-state index is -0.236. The largest absolute Gasteiger partial charge is 0.399 e. The number of carbonyl (C=O) groups excluding carboxylic acids is 1. The molecule has 88 valence electrons. The van der Waals surface area contributed by atoms with Crippen LogP contribution in [0.25, 0.3) is 0 Å². The van der Waals surface area contributed by atoms with E-state index in [1.165, 1.54) is 4.90 Å². The molecule has 0 bridgehead atoms. The fraction of sp³-hybridized carbons (Fsp3) is 0.417. The van der Waals surface area contributed by atoms with Gasteiger partial charge in [0.1, 0.15) is 0 Å². The SMILES string of the molecule is CC(C(=O)N(C)CCO)c1cccc(N)c1. The first kappa shape index (κ1) is 12.5. The second kappa shape index (κ2) is 5.51. The zero-order chi connectivity index (χ0) is 12.1. The molecule has 0 saturated heterocycles. The standard InChI is InChI=1S/C12H18N2O2/c1-9(12(16)14(2)6-7-15)10-4-3-5-11(13)8-10/h3-5,8-9,15H,6-7,13H2,1-2H3. The first-order valence-corrected chi connectivity index (χ1v) is 5.27. The highest BCUT2D eigenvalue weighted by Gasteiger charge is 2.18. The Morgan fingerprint density at radius 2 is 2.25 bits per heavy atom. The predicted octanol–water partition coefficient (Wildman–Crippen LogP) is 0.823. The van der Waals surface area contributed by atoms with Crippen LogP contribution in [0, 0.1) is 0 Å². The second-order valence-electron chi connectivity index (χ2n) is 3.88. The van der Waals surface area contributed by atoms with E-state index in [0.29, 0.717) is 12.2 Å². The third-order valence-electron chi connectivity index (χ3n) is 2.59. The zero-order valence-corrected chi connectivity index (χ0v) is 9.68. The van der Waals surface area contributed by atoms with Gasteiger partial charge in [0.15, 0.2) is 0 Å². The van der Waals surface area contributed by atoms with Crippen molar-refractivity contribution in [2.24, 2.45) is 0 Å². The molecule has 1 unspecified atom stereocenters. The van der Waals surface area contributed by atoms with Crippen LogP contribution in [-0.4, -0.2) is 36.1 Å². The highest BCUT2D eigenvalue weighted by atomic mass is 16.3. The molecule has 0 saturated carbocycles. The minimum Gasteiger partial charge on any atom is -0.399 e. The highest BCUT2D eigenvalue weighted by Crippen LogP contribution is 2.19. The molecule has 0 heterocycles. The van der Waals surface area contributed by atoms with Gasteiger partial charge in [-0.2, -0.15) is 0 Å². The number of aliphatic hydroxyl groups is 1. The lowest BCUT2D eigenvalue weighted by atomic mass is 9.99. The van der Waals surface area contributed by atoms with Crippen LogP contribution < -0.4 is 5.73 Å². The lowest BCUT2D eigenvalue weighted by molar-refractivity contribution is -0.131. The average molecular weight is 222 g/mol. The molecular formula is C12H18N2O2. The molecule has 0 aliphatic carbocycles. The smallest absolute Gasteiger partial charge is 0.229 e. The average Bonchev–Trinajstić information content (AvgIpc) is 2.27. The molecule has 4 heteroatoms. The zero-order valence-electron chi connectivity index (χ0n) is 9.68. The Hall–Kier alpha value is -1.55. The summed E-state index contributed by atoms with van der Waals surface area (Å²) in [5.41, 5.74) is 7.22. The van der Waals surface area contributed by atoms with Gasteiger partial charge in [0.2, 0.25) is 5.91 Å². The summed E-state index contributed by atoms with van der Waals surface area (Å²) >= 11 is 0. The Bertz CT molecular complexity index is 366. The second-order valence-corrected chi connectivity index (χ2v) is 3.88. The Balaban J connectivity index is 2.77. The molecule has 0 fully saturated rings. The molecule has 3 N–H and O–H groups in total. The van der Waals surface area contributed by atoms with E-state index in [1.54, 1.807) is 19.2 Å². The van der Waals surface area contributed by atoms with Crippen LogP contribution in [0.1, 0.15) is 18.4 Å². The van der Waals surface area contributed by atoms with Gasteiger partial charge in [-0.25, -0.2) is 0 Å². The molecular weight excluding hydrogens is 204 g/mol. The highest BCUT2D eigenvalue weighted by molar-refractivity contribution is 5.83. The van der Waals surface area contributed by atoms with Crippen LogP contribution in [0.15, 0.2) is 24.3 Å². The molecule has 0 spiro atoms. The number of amides is 1. The Kier molecular flexibility index (Phi) is 4.31. The van der Waals surface area contributed by atoms with Crippen molar-refractivity contribution in [2.45, 2.75) is 12.8 Å². The Morgan fingerprint density at radius 3 is 2.81 bits per heavy atom. The lowest BCUT2D eigenvalue weighted by Gasteiger charge is -2.20. The number of benzene rings is 1. The third-order valence-corrected chi connectivity index (χ3v) is 2.59. The summed E-state index contributed by atoms with van der Waals surface area (Å²) in [4.78, 5) is 13.4. The number of rotatable bonds is 4. The number of carbonyl (C=O) groups is 1. The molecule has 0 aromatic heterocycles. The third kappa shape index (κ3) is 2.97. The van der Waals surface area contributed by atoms with Crippen molar-refractivity contribution < 1.29 is 9.90 Å². The number of anilines is 1. The van der Waals surface area contributed by atoms with E-state index >= 15 is 0 Å². The van der Waals surface area contributed by atoms with Gasteiger partial charge in [-0.05, 0) is 24.6 Å². The Labute approximate surface area is 95.7 Å². The number of nitrogens with two attached hydrogens (primary N) is 1. The molecule has 1 aromatic rings. The molecule has 0 aliphatic rings. The van der Waals surface area contributed by atoms with Crippen molar-refractivity contribution in [1.29, 1.82) is 0 Å². The van der Waals surface area contributed by atoms with Gasteiger partial charge in [0.25, 0.3) is 0 Å². The maximum atomic E-state index is 11.9. The van der Waals surface area contributed by atoms with Crippen LogP contribution in [0.2, 0.25) is 0 Å². The van der Waals surface area contributed by atoms with E-state index < -0.39 is 0 Å². The molecule has 1 aromatic carbocycles. The number of hydrogen-bond acceptors (Lipinski definition) is 3. The maximum Gasteiger partial charge on any atom is 0.229 e. The summed E-state index contributed by atoms with van der Waals surface area (Å²) in [5.74, 6) is -0.250. The monoisotopic (exact) mass is 222 g/mol. The predicted molar refractivity (Wildman–Crippen MR) is 64.0 cm³/mol. The molecule has 0 radical (unpaired) electrons. The minimum absolute atomic E-state index is 0.0142. The van der Waals surface area contributed by atoms with Crippen LogP contribution in [0.3, 0.4) is 0 Å².